The van der Waals surface area contributed by atoms with Gasteiger partial charge in [0.25, 0.3) is 11.5 Å². The first-order valence-electron chi connectivity index (χ1n) is 10.6. The molecule has 3 heterocycles. The molecule has 1 aromatic heterocycles. The molecule has 0 saturated carbocycles. The molecule has 0 N–H and O–H groups in total. The van der Waals surface area contributed by atoms with Crippen molar-refractivity contribution in [3.63, 3.8) is 0 Å². The standard InChI is InChI=1S/C22H26N4O4S2/c1-5-26-18(25-9-7-8-14(12-25)21(29)30-6-2)15(13(3)16(11-23)19(26)27)10-17-20(28)24(4)22(31)32-17/h10,14H,5-9,12H2,1-4H3/b17-10+. The van der Waals surface area contributed by atoms with Crippen molar-refractivity contribution in [2.24, 2.45) is 5.92 Å². The van der Waals surface area contributed by atoms with E-state index in [-0.39, 0.29) is 28.9 Å². The van der Waals surface area contributed by atoms with E-state index in [0.717, 1.165) is 6.42 Å². The number of rotatable bonds is 5. The molecule has 0 radical (unpaired) electrons. The summed E-state index contributed by atoms with van der Waals surface area (Å²) in [7, 11) is 1.62. The molecule has 2 saturated heterocycles. The largest absolute Gasteiger partial charge is 0.466 e. The lowest BCUT2D eigenvalue weighted by Gasteiger charge is -2.36. The van der Waals surface area contributed by atoms with Gasteiger partial charge in [0, 0.05) is 32.2 Å². The fourth-order valence-corrected chi connectivity index (χ4v) is 5.24. The van der Waals surface area contributed by atoms with Crippen molar-refractivity contribution in [2.45, 2.75) is 40.2 Å². The summed E-state index contributed by atoms with van der Waals surface area (Å²) in [6.45, 7) is 7.04. The van der Waals surface area contributed by atoms with Gasteiger partial charge in [-0.05, 0) is 45.3 Å². The van der Waals surface area contributed by atoms with Crippen LogP contribution < -0.4 is 10.5 Å². The normalized spacial score (nSPS) is 20.1. The topological polar surface area (TPSA) is 95.6 Å². The number of esters is 1. The van der Waals surface area contributed by atoms with Gasteiger partial charge in [0.1, 0.15) is 21.8 Å². The zero-order valence-corrected chi connectivity index (χ0v) is 20.3. The Morgan fingerprint density at radius 3 is 2.66 bits per heavy atom. The van der Waals surface area contributed by atoms with Crippen molar-refractivity contribution < 1.29 is 14.3 Å². The second-order valence-corrected chi connectivity index (χ2v) is 9.35. The Morgan fingerprint density at radius 1 is 1.38 bits per heavy atom. The van der Waals surface area contributed by atoms with E-state index in [4.69, 9.17) is 17.0 Å². The third-order valence-corrected chi connectivity index (χ3v) is 7.25. The number of anilines is 1. The summed E-state index contributed by atoms with van der Waals surface area (Å²) in [5.41, 5.74) is 0.812. The molecule has 0 aromatic carbocycles. The fourth-order valence-electron chi connectivity index (χ4n) is 4.08. The summed E-state index contributed by atoms with van der Waals surface area (Å²) in [4.78, 5) is 42.0. The van der Waals surface area contributed by atoms with Crippen LogP contribution in [-0.4, -0.2) is 52.4 Å². The van der Waals surface area contributed by atoms with Crippen LogP contribution in [0.3, 0.4) is 0 Å². The van der Waals surface area contributed by atoms with Crippen molar-refractivity contribution in [3.05, 3.63) is 31.9 Å². The SMILES string of the molecule is CCOC(=O)C1CCCN(c2c(/C=C3/SC(=S)N(C)C3=O)c(C)c(C#N)c(=O)n2CC)C1. The maximum atomic E-state index is 13.1. The van der Waals surface area contributed by atoms with Gasteiger partial charge >= 0.3 is 5.97 Å². The van der Waals surface area contributed by atoms with Crippen LogP contribution in [0.15, 0.2) is 9.70 Å². The van der Waals surface area contributed by atoms with Crippen molar-refractivity contribution in [3.8, 4) is 6.07 Å². The summed E-state index contributed by atoms with van der Waals surface area (Å²) in [6.07, 6.45) is 3.19. The van der Waals surface area contributed by atoms with E-state index in [1.54, 1.807) is 31.5 Å². The molecule has 1 atom stereocenters. The van der Waals surface area contributed by atoms with E-state index in [0.29, 0.717) is 58.8 Å². The number of amides is 1. The van der Waals surface area contributed by atoms with Crippen LogP contribution in [0.5, 0.6) is 0 Å². The number of ether oxygens (including phenoxy) is 1. The first-order valence-corrected chi connectivity index (χ1v) is 11.8. The average Bonchev–Trinajstić information content (AvgIpc) is 3.02. The Labute approximate surface area is 196 Å². The molecular weight excluding hydrogens is 448 g/mol. The van der Waals surface area contributed by atoms with Crippen molar-refractivity contribution in [1.82, 2.24) is 9.47 Å². The van der Waals surface area contributed by atoms with Crippen LogP contribution in [0.25, 0.3) is 6.08 Å². The highest BCUT2D eigenvalue weighted by molar-refractivity contribution is 8.26. The minimum absolute atomic E-state index is 0.0489. The smallest absolute Gasteiger partial charge is 0.310 e. The highest BCUT2D eigenvalue weighted by Crippen LogP contribution is 2.36. The predicted molar refractivity (Wildman–Crippen MR) is 128 cm³/mol. The number of pyridine rings is 1. The molecule has 32 heavy (non-hydrogen) atoms. The van der Waals surface area contributed by atoms with Crippen LogP contribution in [0.2, 0.25) is 0 Å². The predicted octanol–water partition coefficient (Wildman–Crippen LogP) is 2.66. The lowest BCUT2D eigenvalue weighted by Crippen LogP contribution is -2.43. The second kappa shape index (κ2) is 9.88. The molecule has 8 nitrogen and oxygen atoms in total. The van der Waals surface area contributed by atoms with Crippen molar-refractivity contribution in [2.75, 3.05) is 31.6 Å². The number of aromatic nitrogens is 1. The molecule has 2 aliphatic heterocycles. The summed E-state index contributed by atoms with van der Waals surface area (Å²) < 4.78 is 7.23. The maximum absolute atomic E-state index is 13.1. The molecule has 0 bridgehead atoms. The third kappa shape index (κ3) is 4.32. The zero-order valence-electron chi connectivity index (χ0n) is 18.6. The van der Waals surface area contributed by atoms with Gasteiger partial charge in [0.05, 0.1) is 17.4 Å². The van der Waals surface area contributed by atoms with Gasteiger partial charge in [0.2, 0.25) is 0 Å². The molecule has 10 heteroatoms. The number of nitriles is 1. The third-order valence-electron chi connectivity index (χ3n) is 5.77. The van der Waals surface area contributed by atoms with Gasteiger partial charge in [-0.15, -0.1) is 0 Å². The Morgan fingerprint density at radius 2 is 2.09 bits per heavy atom. The van der Waals surface area contributed by atoms with Gasteiger partial charge in [-0.3, -0.25) is 23.9 Å². The highest BCUT2D eigenvalue weighted by Gasteiger charge is 2.33. The number of thiocarbonyl (C=S) groups is 1. The molecule has 1 amide bonds. The molecule has 1 aromatic rings. The lowest BCUT2D eigenvalue weighted by atomic mass is 9.96. The number of hydrogen-bond donors (Lipinski definition) is 0. The minimum atomic E-state index is -0.374. The van der Waals surface area contributed by atoms with Gasteiger partial charge in [-0.1, -0.05) is 24.0 Å². The molecule has 1 unspecified atom stereocenters. The van der Waals surface area contributed by atoms with E-state index in [1.165, 1.54) is 16.7 Å². The Kier molecular flexibility index (Phi) is 7.41. The molecule has 0 spiro atoms. The zero-order chi connectivity index (χ0) is 23.6. The van der Waals surface area contributed by atoms with E-state index < -0.39 is 0 Å². The summed E-state index contributed by atoms with van der Waals surface area (Å²) in [5.74, 6) is -0.159. The number of likely N-dealkylation sites (N-methyl/N-ethyl adjacent to an activating group) is 1. The number of piperidine rings is 1. The van der Waals surface area contributed by atoms with Crippen LogP contribution >= 0.6 is 24.0 Å². The van der Waals surface area contributed by atoms with Gasteiger partial charge in [0.15, 0.2) is 0 Å². The first kappa shape index (κ1) is 24.0. The Balaban J connectivity index is 2.20. The van der Waals surface area contributed by atoms with E-state index in [1.807, 2.05) is 17.9 Å². The molecular formula is C22H26N4O4S2. The minimum Gasteiger partial charge on any atom is -0.466 e. The molecule has 170 valence electrons. The second-order valence-electron chi connectivity index (χ2n) is 7.68. The molecule has 2 aliphatic rings. The summed E-state index contributed by atoms with van der Waals surface area (Å²) in [5, 5.41) is 9.66. The van der Waals surface area contributed by atoms with Crippen molar-refractivity contribution >= 4 is 52.1 Å². The van der Waals surface area contributed by atoms with Crippen molar-refractivity contribution in [1.29, 1.82) is 5.26 Å². The number of carbonyl (C=O) groups is 2. The number of hydrogen-bond acceptors (Lipinski definition) is 8. The van der Waals surface area contributed by atoms with E-state index in [2.05, 4.69) is 0 Å². The molecule has 2 fully saturated rings. The van der Waals surface area contributed by atoms with Crippen LogP contribution in [0.1, 0.15) is 43.4 Å². The Hall–Kier alpha value is -2.64. The van der Waals surface area contributed by atoms with Crippen LogP contribution in [0, 0.1) is 24.2 Å². The summed E-state index contributed by atoms with van der Waals surface area (Å²) >= 11 is 6.44. The van der Waals surface area contributed by atoms with E-state index >= 15 is 0 Å². The fraction of sp³-hybridized carbons (Fsp3) is 0.500. The average molecular weight is 475 g/mol. The van der Waals surface area contributed by atoms with E-state index in [9.17, 15) is 19.6 Å². The number of thioether (sulfide) groups is 1. The summed E-state index contributed by atoms with van der Waals surface area (Å²) in [6, 6.07) is 2.02. The maximum Gasteiger partial charge on any atom is 0.310 e. The van der Waals surface area contributed by atoms with Crippen LogP contribution in [0.4, 0.5) is 5.82 Å². The number of nitrogens with zero attached hydrogens (tertiary/aromatic N) is 4. The first-order chi connectivity index (χ1) is 15.2. The van der Waals surface area contributed by atoms with Gasteiger partial charge in [-0.2, -0.15) is 5.26 Å². The molecule has 3 rings (SSSR count). The molecule has 0 aliphatic carbocycles. The van der Waals surface area contributed by atoms with Gasteiger partial charge in [-0.25, -0.2) is 0 Å². The quantitative estimate of drug-likeness (QED) is 0.365. The van der Waals surface area contributed by atoms with Gasteiger partial charge < -0.3 is 9.64 Å². The highest BCUT2D eigenvalue weighted by atomic mass is 32.2. The van der Waals surface area contributed by atoms with Crippen LogP contribution in [-0.2, 0) is 20.9 Å². The Bertz CT molecular complexity index is 1100. The lowest BCUT2D eigenvalue weighted by molar-refractivity contribution is -0.148. The monoisotopic (exact) mass is 474 g/mol. The number of carbonyl (C=O) groups excluding carboxylic acids is 2.